The van der Waals surface area contributed by atoms with Gasteiger partial charge in [-0.25, -0.2) is 0 Å². The lowest BCUT2D eigenvalue weighted by Crippen LogP contribution is -2.18. The van der Waals surface area contributed by atoms with Crippen LogP contribution in [0.1, 0.15) is 0 Å². The molecule has 0 aliphatic rings. The van der Waals surface area contributed by atoms with Crippen LogP contribution in [0, 0.1) is 5.41 Å². The van der Waals surface area contributed by atoms with Crippen LogP contribution in [0.4, 0.5) is 0 Å². The predicted octanol–water partition coefficient (Wildman–Crippen LogP) is -0.559. The number of aromatic nitrogens is 3. The first-order valence-electron chi connectivity index (χ1n) is 2.00. The SMILES string of the molecule is Cl.N=C(N)n1cnnc1. The van der Waals surface area contributed by atoms with Crippen molar-refractivity contribution in [2.45, 2.75) is 0 Å². The second-order valence-electron chi connectivity index (χ2n) is 1.25. The number of hydrogen-bond donors (Lipinski definition) is 2. The molecule has 9 heavy (non-hydrogen) atoms. The maximum atomic E-state index is 6.81. The van der Waals surface area contributed by atoms with Crippen LogP contribution in [0.5, 0.6) is 0 Å². The summed E-state index contributed by atoms with van der Waals surface area (Å²) in [7, 11) is 0. The highest BCUT2D eigenvalue weighted by molar-refractivity contribution is 5.85. The minimum absolute atomic E-state index is 0. The molecule has 0 aliphatic heterocycles. The summed E-state index contributed by atoms with van der Waals surface area (Å²) in [4.78, 5) is 0. The zero-order valence-corrected chi connectivity index (χ0v) is 5.30. The summed E-state index contributed by atoms with van der Waals surface area (Å²) in [6.07, 6.45) is 2.73. The van der Waals surface area contributed by atoms with E-state index in [4.69, 9.17) is 11.1 Å². The fraction of sp³-hybridized carbons (Fsp3) is 0. The Balaban J connectivity index is 0.000000640. The summed E-state index contributed by atoms with van der Waals surface area (Å²) in [6.45, 7) is 0. The standard InChI is InChI=1S/C3H5N5.ClH/c4-3(5)8-1-6-7-2-8;/h1-2H,(H3,4,5);1H. The lowest BCUT2D eigenvalue weighted by Gasteiger charge is -1.90. The van der Waals surface area contributed by atoms with Gasteiger partial charge in [0.15, 0.2) is 5.96 Å². The van der Waals surface area contributed by atoms with Gasteiger partial charge in [-0.15, -0.1) is 22.6 Å². The zero-order valence-electron chi connectivity index (χ0n) is 4.48. The Labute approximate surface area is 57.8 Å². The van der Waals surface area contributed by atoms with E-state index in [9.17, 15) is 0 Å². The third kappa shape index (κ3) is 1.69. The Hall–Kier alpha value is -1.10. The van der Waals surface area contributed by atoms with Crippen LogP contribution in [0.15, 0.2) is 12.7 Å². The van der Waals surface area contributed by atoms with E-state index in [0.29, 0.717) is 0 Å². The normalized spacial score (nSPS) is 8.00. The number of nitrogens with one attached hydrogen (secondary N) is 1. The lowest BCUT2D eigenvalue weighted by molar-refractivity contribution is 1.08. The molecule has 0 amide bonds. The summed E-state index contributed by atoms with van der Waals surface area (Å²) in [5, 5.41) is 13.7. The van der Waals surface area contributed by atoms with E-state index in [-0.39, 0.29) is 18.4 Å². The van der Waals surface area contributed by atoms with Crippen molar-refractivity contribution in [3.63, 3.8) is 0 Å². The molecule has 1 heterocycles. The monoisotopic (exact) mass is 147 g/mol. The molecular weight excluding hydrogens is 142 g/mol. The van der Waals surface area contributed by atoms with Crippen molar-refractivity contribution in [3.05, 3.63) is 12.7 Å². The molecule has 1 aromatic rings. The molecule has 0 aromatic carbocycles. The van der Waals surface area contributed by atoms with Crippen LogP contribution < -0.4 is 5.73 Å². The molecule has 0 fully saturated rings. The number of hydrogen-bond acceptors (Lipinski definition) is 3. The van der Waals surface area contributed by atoms with Gasteiger partial charge in [0.25, 0.3) is 0 Å². The molecule has 0 radical (unpaired) electrons. The Morgan fingerprint density at radius 1 is 1.44 bits per heavy atom. The fourth-order valence-corrected chi connectivity index (χ4v) is 0.325. The molecule has 0 aliphatic carbocycles. The van der Waals surface area contributed by atoms with Crippen LogP contribution >= 0.6 is 12.4 Å². The molecule has 0 saturated carbocycles. The molecule has 50 valence electrons. The minimum Gasteiger partial charge on any atom is -0.369 e. The average molecular weight is 148 g/mol. The van der Waals surface area contributed by atoms with E-state index in [2.05, 4.69) is 10.2 Å². The molecule has 3 N–H and O–H groups in total. The highest BCUT2D eigenvalue weighted by Crippen LogP contribution is 1.73. The maximum absolute atomic E-state index is 6.81. The smallest absolute Gasteiger partial charge is 0.199 e. The van der Waals surface area contributed by atoms with Gasteiger partial charge in [0, 0.05) is 0 Å². The van der Waals surface area contributed by atoms with Gasteiger partial charge in [-0.1, -0.05) is 0 Å². The highest BCUT2D eigenvalue weighted by atomic mass is 35.5. The topological polar surface area (TPSA) is 80.6 Å². The fourth-order valence-electron chi connectivity index (χ4n) is 0.325. The molecule has 0 bridgehead atoms. The Kier molecular flexibility index (Phi) is 2.66. The number of nitrogens with two attached hydrogens (primary N) is 1. The van der Waals surface area contributed by atoms with E-state index in [1.54, 1.807) is 0 Å². The zero-order chi connectivity index (χ0) is 5.98. The van der Waals surface area contributed by atoms with Crippen molar-refractivity contribution in [2.24, 2.45) is 5.73 Å². The first-order chi connectivity index (χ1) is 3.80. The van der Waals surface area contributed by atoms with Gasteiger partial charge in [-0.3, -0.25) is 9.98 Å². The van der Waals surface area contributed by atoms with Crippen molar-refractivity contribution in [3.8, 4) is 0 Å². The number of rotatable bonds is 0. The third-order valence-electron chi connectivity index (χ3n) is 0.697. The number of nitrogen functional groups attached to an aromatic ring is 1. The molecule has 0 unspecified atom stereocenters. The number of nitrogens with zero attached hydrogens (tertiary/aromatic N) is 3. The first kappa shape index (κ1) is 7.90. The Bertz CT molecular complexity index is 180. The molecule has 6 heteroatoms. The summed E-state index contributed by atoms with van der Waals surface area (Å²) < 4.78 is 1.31. The van der Waals surface area contributed by atoms with E-state index in [1.807, 2.05) is 0 Å². The summed E-state index contributed by atoms with van der Waals surface area (Å²) in [5.41, 5.74) is 5.02. The summed E-state index contributed by atoms with van der Waals surface area (Å²) in [6, 6.07) is 0. The van der Waals surface area contributed by atoms with Crippen LogP contribution in [0.3, 0.4) is 0 Å². The lowest BCUT2D eigenvalue weighted by atomic mass is 10.9. The van der Waals surface area contributed by atoms with Crippen LogP contribution in [-0.4, -0.2) is 20.7 Å². The van der Waals surface area contributed by atoms with Gasteiger partial charge in [-0.05, 0) is 0 Å². The molecule has 0 spiro atoms. The van der Waals surface area contributed by atoms with Crippen LogP contribution in [0.2, 0.25) is 0 Å². The van der Waals surface area contributed by atoms with Crippen LogP contribution in [-0.2, 0) is 0 Å². The highest BCUT2D eigenvalue weighted by Gasteiger charge is 1.88. The predicted molar refractivity (Wildman–Crippen MR) is 34.6 cm³/mol. The Morgan fingerprint density at radius 2 is 1.89 bits per heavy atom. The molecule has 5 nitrogen and oxygen atoms in total. The van der Waals surface area contributed by atoms with E-state index in [0.717, 1.165) is 0 Å². The second kappa shape index (κ2) is 3.03. The second-order valence-corrected chi connectivity index (χ2v) is 1.25. The molecule has 1 aromatic heterocycles. The van der Waals surface area contributed by atoms with Crippen molar-refractivity contribution < 1.29 is 0 Å². The van der Waals surface area contributed by atoms with E-state index in [1.165, 1.54) is 17.2 Å². The Morgan fingerprint density at radius 3 is 2.11 bits per heavy atom. The van der Waals surface area contributed by atoms with Gasteiger partial charge in [0.1, 0.15) is 12.7 Å². The first-order valence-corrected chi connectivity index (χ1v) is 2.00. The van der Waals surface area contributed by atoms with Crippen molar-refractivity contribution in [1.29, 1.82) is 5.41 Å². The van der Waals surface area contributed by atoms with Gasteiger partial charge >= 0.3 is 0 Å². The average Bonchev–Trinajstić information content (AvgIpc) is 2.12. The third-order valence-corrected chi connectivity index (χ3v) is 0.697. The van der Waals surface area contributed by atoms with Crippen molar-refractivity contribution in [1.82, 2.24) is 14.8 Å². The molecule has 0 saturated heterocycles. The molecule has 0 atom stereocenters. The van der Waals surface area contributed by atoms with Crippen LogP contribution in [0.25, 0.3) is 0 Å². The molecular formula is C3H6ClN5. The van der Waals surface area contributed by atoms with Gasteiger partial charge in [-0.2, -0.15) is 0 Å². The van der Waals surface area contributed by atoms with Gasteiger partial charge in [0.05, 0.1) is 0 Å². The van der Waals surface area contributed by atoms with E-state index < -0.39 is 0 Å². The quantitative estimate of drug-likeness (QED) is 0.381. The van der Waals surface area contributed by atoms with Gasteiger partial charge in [0.2, 0.25) is 0 Å². The largest absolute Gasteiger partial charge is 0.369 e. The van der Waals surface area contributed by atoms with Gasteiger partial charge < -0.3 is 5.73 Å². The van der Waals surface area contributed by atoms with Crippen molar-refractivity contribution >= 4 is 18.4 Å². The summed E-state index contributed by atoms with van der Waals surface area (Å²) in [5.74, 6) is -0.0741. The summed E-state index contributed by atoms with van der Waals surface area (Å²) >= 11 is 0. The minimum atomic E-state index is -0.0741. The molecule has 1 rings (SSSR count). The number of halogens is 1. The van der Waals surface area contributed by atoms with E-state index >= 15 is 0 Å². The van der Waals surface area contributed by atoms with Crippen molar-refractivity contribution in [2.75, 3.05) is 0 Å². The maximum Gasteiger partial charge on any atom is 0.199 e.